The Hall–Kier alpha value is -2.37. The molecule has 0 spiro atoms. The number of benzene rings is 1. The highest BCUT2D eigenvalue weighted by Crippen LogP contribution is 2.36. The molecule has 2 aliphatic rings. The summed E-state index contributed by atoms with van der Waals surface area (Å²) in [5.41, 5.74) is -0.422. The maximum absolute atomic E-state index is 12.8. The van der Waals surface area contributed by atoms with Crippen molar-refractivity contribution >= 4 is 16.8 Å². The van der Waals surface area contributed by atoms with E-state index in [1.165, 1.54) is 30.3 Å². The van der Waals surface area contributed by atoms with Crippen LogP contribution in [-0.2, 0) is 11.3 Å². The molecule has 4 rings (SSSR count). The average Bonchev–Trinajstić information content (AvgIpc) is 2.64. The van der Waals surface area contributed by atoms with E-state index in [0.717, 1.165) is 25.4 Å². The zero-order valence-corrected chi connectivity index (χ0v) is 14.2. The monoisotopic (exact) mass is 341 g/mol. The normalized spacial score (nSPS) is 23.4. The van der Waals surface area contributed by atoms with Gasteiger partial charge in [0.25, 0.3) is 5.56 Å². The predicted octanol–water partition coefficient (Wildman–Crippen LogP) is 1.73. The molecule has 0 unspecified atom stereocenters. The van der Waals surface area contributed by atoms with E-state index in [9.17, 15) is 14.4 Å². The van der Waals surface area contributed by atoms with Gasteiger partial charge in [-0.15, -0.1) is 0 Å². The van der Waals surface area contributed by atoms with Gasteiger partial charge in [0.05, 0.1) is 10.9 Å². The highest BCUT2D eigenvalue weighted by Gasteiger charge is 2.33. The fourth-order valence-electron chi connectivity index (χ4n) is 4.46. The van der Waals surface area contributed by atoms with E-state index in [-0.39, 0.29) is 12.5 Å². The van der Waals surface area contributed by atoms with Crippen molar-refractivity contribution in [1.82, 2.24) is 14.5 Å². The third-order valence-corrected chi connectivity index (χ3v) is 5.84. The van der Waals surface area contributed by atoms with Gasteiger partial charge in [0.15, 0.2) is 0 Å². The fourth-order valence-corrected chi connectivity index (χ4v) is 4.46. The predicted molar refractivity (Wildman–Crippen MR) is 95.5 cm³/mol. The Kier molecular flexibility index (Phi) is 4.19. The van der Waals surface area contributed by atoms with E-state index >= 15 is 0 Å². The number of hydrogen-bond donors (Lipinski definition) is 1. The molecule has 1 saturated heterocycles. The first kappa shape index (κ1) is 16.1. The lowest BCUT2D eigenvalue weighted by atomic mass is 9.75. The lowest BCUT2D eigenvalue weighted by Gasteiger charge is -2.41. The second kappa shape index (κ2) is 6.50. The van der Waals surface area contributed by atoms with Crippen LogP contribution in [0.25, 0.3) is 10.9 Å². The van der Waals surface area contributed by atoms with Gasteiger partial charge in [0.1, 0.15) is 6.54 Å². The van der Waals surface area contributed by atoms with Crippen LogP contribution in [0.4, 0.5) is 0 Å². The molecule has 1 aromatic heterocycles. The van der Waals surface area contributed by atoms with Gasteiger partial charge in [-0.05, 0) is 36.8 Å². The van der Waals surface area contributed by atoms with Crippen molar-refractivity contribution in [1.29, 1.82) is 0 Å². The van der Waals surface area contributed by atoms with Gasteiger partial charge in [-0.25, -0.2) is 4.79 Å². The van der Waals surface area contributed by atoms with Crippen molar-refractivity contribution < 1.29 is 4.79 Å². The first-order chi connectivity index (χ1) is 12.1. The lowest BCUT2D eigenvalue weighted by Crippen LogP contribution is -2.47. The summed E-state index contributed by atoms with van der Waals surface area (Å²) in [4.78, 5) is 41.2. The largest absolute Gasteiger partial charge is 0.341 e. The second-order valence-electron chi connectivity index (χ2n) is 7.30. The highest BCUT2D eigenvalue weighted by atomic mass is 16.2. The summed E-state index contributed by atoms with van der Waals surface area (Å²) in [6.07, 6.45) is 6.13. The summed E-state index contributed by atoms with van der Waals surface area (Å²) in [6.45, 7) is 1.56. The van der Waals surface area contributed by atoms with Gasteiger partial charge in [-0.3, -0.25) is 19.1 Å². The number of para-hydroxylation sites is 1. The van der Waals surface area contributed by atoms with E-state index in [0.29, 0.717) is 16.8 Å². The fraction of sp³-hybridized carbons (Fsp3) is 0.526. The molecule has 0 radical (unpaired) electrons. The van der Waals surface area contributed by atoms with Gasteiger partial charge in [-0.2, -0.15) is 0 Å². The summed E-state index contributed by atoms with van der Waals surface area (Å²) < 4.78 is 1.38. The Balaban J connectivity index is 1.58. The van der Waals surface area contributed by atoms with Crippen molar-refractivity contribution in [3.63, 3.8) is 0 Å². The molecule has 132 valence electrons. The van der Waals surface area contributed by atoms with Crippen LogP contribution in [0.3, 0.4) is 0 Å². The average molecular weight is 341 g/mol. The molecule has 2 fully saturated rings. The minimum atomic E-state index is -0.524. The van der Waals surface area contributed by atoms with Gasteiger partial charge in [0.2, 0.25) is 5.91 Å². The smallest absolute Gasteiger partial charge is 0.329 e. The Labute approximate surface area is 145 Å². The van der Waals surface area contributed by atoms with Crippen LogP contribution < -0.4 is 11.2 Å². The molecule has 1 aromatic carbocycles. The van der Waals surface area contributed by atoms with Crippen LogP contribution in [0.5, 0.6) is 0 Å². The number of piperidine rings is 1. The SMILES string of the molecule is O=C(Cn1c(=O)[nH]c(=O)c2ccccc21)N1CC[C@@H]2CCCC[C@@H]2C1. The number of amides is 1. The van der Waals surface area contributed by atoms with Crippen LogP contribution in [0, 0.1) is 11.8 Å². The number of carbonyl (C=O) groups is 1. The molecular formula is C19H23N3O3. The molecule has 6 nitrogen and oxygen atoms in total. The molecule has 25 heavy (non-hydrogen) atoms. The summed E-state index contributed by atoms with van der Waals surface area (Å²) in [7, 11) is 0. The lowest BCUT2D eigenvalue weighted by molar-refractivity contribution is -0.134. The number of aromatic nitrogens is 2. The van der Waals surface area contributed by atoms with Crippen molar-refractivity contribution in [2.75, 3.05) is 13.1 Å². The summed E-state index contributed by atoms with van der Waals surface area (Å²) in [5, 5.41) is 0.431. The van der Waals surface area contributed by atoms with E-state index in [2.05, 4.69) is 4.98 Å². The number of fused-ring (bicyclic) bond motifs is 2. The minimum Gasteiger partial charge on any atom is -0.341 e. The maximum atomic E-state index is 12.8. The minimum absolute atomic E-state index is 0.0203. The van der Waals surface area contributed by atoms with Crippen molar-refractivity contribution in [2.45, 2.75) is 38.6 Å². The third-order valence-electron chi connectivity index (χ3n) is 5.84. The Morgan fingerprint density at radius 1 is 1.08 bits per heavy atom. The second-order valence-corrected chi connectivity index (χ2v) is 7.30. The van der Waals surface area contributed by atoms with E-state index in [1.54, 1.807) is 24.3 Å². The molecule has 0 bridgehead atoms. The van der Waals surface area contributed by atoms with Gasteiger partial charge in [-0.1, -0.05) is 31.4 Å². The van der Waals surface area contributed by atoms with Gasteiger partial charge >= 0.3 is 5.69 Å². The molecule has 2 atom stereocenters. The number of carbonyl (C=O) groups excluding carboxylic acids is 1. The molecule has 1 N–H and O–H groups in total. The number of likely N-dealkylation sites (tertiary alicyclic amines) is 1. The van der Waals surface area contributed by atoms with Crippen LogP contribution in [0.2, 0.25) is 0 Å². The van der Waals surface area contributed by atoms with E-state index < -0.39 is 11.2 Å². The number of aromatic amines is 1. The number of H-pyrrole nitrogens is 1. The number of nitrogens with zero attached hydrogens (tertiary/aromatic N) is 2. The number of nitrogens with one attached hydrogen (secondary N) is 1. The standard InChI is InChI=1S/C19H23N3O3/c23-17(21-10-9-13-5-1-2-6-14(13)11-21)12-22-16-8-4-3-7-15(16)18(24)20-19(22)25/h3-4,7-8,13-14H,1-2,5-6,9-12H2,(H,20,24,25)/t13-,14+/m0/s1. The molecule has 1 saturated carbocycles. The zero-order valence-electron chi connectivity index (χ0n) is 14.2. The van der Waals surface area contributed by atoms with Crippen molar-refractivity contribution in [2.24, 2.45) is 11.8 Å². The van der Waals surface area contributed by atoms with Gasteiger partial charge < -0.3 is 4.90 Å². The highest BCUT2D eigenvalue weighted by molar-refractivity contribution is 5.81. The number of hydrogen-bond acceptors (Lipinski definition) is 3. The van der Waals surface area contributed by atoms with Crippen molar-refractivity contribution in [3.05, 3.63) is 45.1 Å². The first-order valence-corrected chi connectivity index (χ1v) is 9.13. The molecule has 2 heterocycles. The van der Waals surface area contributed by atoms with Crippen LogP contribution in [0.15, 0.2) is 33.9 Å². The van der Waals surface area contributed by atoms with Crippen molar-refractivity contribution in [3.8, 4) is 0 Å². The topological polar surface area (TPSA) is 75.2 Å². The van der Waals surface area contributed by atoms with Crippen LogP contribution >= 0.6 is 0 Å². The first-order valence-electron chi connectivity index (χ1n) is 9.13. The quantitative estimate of drug-likeness (QED) is 0.904. The molecule has 6 heteroatoms. The molecule has 2 aromatic rings. The van der Waals surface area contributed by atoms with Crippen LogP contribution in [-0.4, -0.2) is 33.4 Å². The maximum Gasteiger partial charge on any atom is 0.329 e. The van der Waals surface area contributed by atoms with Gasteiger partial charge in [0, 0.05) is 13.1 Å². The molecule has 1 aliphatic heterocycles. The van der Waals surface area contributed by atoms with E-state index in [4.69, 9.17) is 0 Å². The number of rotatable bonds is 2. The summed E-state index contributed by atoms with van der Waals surface area (Å²) >= 11 is 0. The third kappa shape index (κ3) is 3.01. The summed E-state index contributed by atoms with van der Waals surface area (Å²) in [5.74, 6) is 1.33. The Bertz CT molecular complexity index is 914. The molecule has 1 aliphatic carbocycles. The summed E-state index contributed by atoms with van der Waals surface area (Å²) in [6, 6.07) is 6.91. The van der Waals surface area contributed by atoms with E-state index in [1.807, 2.05) is 4.90 Å². The van der Waals surface area contributed by atoms with Crippen LogP contribution in [0.1, 0.15) is 32.1 Å². The Morgan fingerprint density at radius 2 is 1.84 bits per heavy atom. The molecular weight excluding hydrogens is 318 g/mol. The zero-order chi connectivity index (χ0) is 17.4. The molecule has 1 amide bonds. The Morgan fingerprint density at radius 3 is 2.68 bits per heavy atom.